The van der Waals surface area contributed by atoms with Gasteiger partial charge >= 0.3 is 0 Å². The van der Waals surface area contributed by atoms with Crippen LogP contribution in [0.15, 0.2) is 67.0 Å². The molecule has 0 unspecified atom stereocenters. The summed E-state index contributed by atoms with van der Waals surface area (Å²) in [4.78, 5) is 32.4. The molecule has 1 aliphatic heterocycles. The van der Waals surface area contributed by atoms with Gasteiger partial charge in [-0.3, -0.25) is 14.6 Å². The Bertz CT molecular complexity index is 1160. The van der Waals surface area contributed by atoms with Gasteiger partial charge in [0.25, 0.3) is 11.8 Å². The number of rotatable bonds is 5. The molecule has 2 aromatic carbocycles. The lowest BCUT2D eigenvalue weighted by molar-refractivity contribution is 0.0953. The molecule has 0 radical (unpaired) electrons. The lowest BCUT2D eigenvalue weighted by Gasteiger charge is -2.27. The zero-order chi connectivity index (χ0) is 25.2. The Kier molecular flexibility index (Phi) is 9.22. The fourth-order valence-electron chi connectivity index (χ4n) is 4.69. The highest BCUT2D eigenvalue weighted by Crippen LogP contribution is 2.26. The first kappa shape index (κ1) is 25.6. The maximum Gasteiger partial charge on any atom is 0.258 e. The van der Waals surface area contributed by atoms with Crippen molar-refractivity contribution in [2.75, 3.05) is 24.5 Å². The van der Waals surface area contributed by atoms with Crippen molar-refractivity contribution in [2.45, 2.75) is 52.0 Å². The molecule has 0 atom stereocenters. The second kappa shape index (κ2) is 13.0. The van der Waals surface area contributed by atoms with Gasteiger partial charge in [0.2, 0.25) is 0 Å². The number of benzene rings is 2. The summed E-state index contributed by atoms with van der Waals surface area (Å²) in [5, 5.41) is 6.58. The predicted octanol–water partition coefficient (Wildman–Crippen LogP) is 5.06. The van der Waals surface area contributed by atoms with Crippen LogP contribution in [0.2, 0.25) is 0 Å². The van der Waals surface area contributed by atoms with Gasteiger partial charge in [-0.2, -0.15) is 0 Å². The van der Waals surface area contributed by atoms with E-state index in [9.17, 15) is 9.59 Å². The number of aryl methyl sites for hydroxylation is 1. The molecule has 0 saturated carbocycles. The molecule has 3 aromatic rings. The summed E-state index contributed by atoms with van der Waals surface area (Å²) in [6.07, 6.45) is 9.62. The number of nitrogens with zero attached hydrogens (tertiary/aromatic N) is 2. The fourth-order valence-corrected chi connectivity index (χ4v) is 4.69. The van der Waals surface area contributed by atoms with Crippen LogP contribution in [0, 0.1) is 6.92 Å². The Hall–Kier alpha value is -3.51. The minimum Gasteiger partial charge on any atom is -0.352 e. The number of pyridine rings is 1. The first-order chi connectivity index (χ1) is 17.6. The van der Waals surface area contributed by atoms with E-state index in [1.165, 1.54) is 24.0 Å². The van der Waals surface area contributed by atoms with Crippen molar-refractivity contribution in [3.05, 3.63) is 94.8 Å². The molecular formula is C30H36N4O2. The van der Waals surface area contributed by atoms with Crippen molar-refractivity contribution in [1.82, 2.24) is 15.6 Å². The van der Waals surface area contributed by atoms with E-state index in [1.54, 1.807) is 24.5 Å². The standard InChI is InChI=1S/C30H36N4O2/c1-23-9-5-6-10-24(23)15-19-33-29(35)26-11-12-28-27(21-26)22-32-16-7-3-2-4-8-20-34(28)30(36)25-13-17-31-18-14-25/h5-6,9-14,17-18,21,32H,2-4,7-8,15-16,19-20,22H2,1H3,(H,33,35). The molecule has 0 aliphatic carbocycles. The predicted molar refractivity (Wildman–Crippen MR) is 144 cm³/mol. The maximum atomic E-state index is 13.5. The lowest BCUT2D eigenvalue weighted by atomic mass is 10.0. The average Bonchev–Trinajstić information content (AvgIpc) is 2.90. The molecule has 1 aromatic heterocycles. The minimum absolute atomic E-state index is 0.0360. The highest BCUT2D eigenvalue weighted by molar-refractivity contribution is 6.06. The van der Waals surface area contributed by atoms with Crippen LogP contribution in [-0.4, -0.2) is 36.4 Å². The van der Waals surface area contributed by atoms with Crippen LogP contribution < -0.4 is 15.5 Å². The molecule has 36 heavy (non-hydrogen) atoms. The van der Waals surface area contributed by atoms with Gasteiger partial charge in [-0.05, 0) is 79.8 Å². The van der Waals surface area contributed by atoms with Crippen LogP contribution in [0.1, 0.15) is 69.5 Å². The van der Waals surface area contributed by atoms with E-state index in [0.717, 1.165) is 43.5 Å². The Morgan fingerprint density at radius 2 is 1.72 bits per heavy atom. The van der Waals surface area contributed by atoms with Crippen LogP contribution in [-0.2, 0) is 13.0 Å². The number of nitrogens with one attached hydrogen (secondary N) is 2. The molecule has 2 amide bonds. The number of anilines is 1. The number of hydrogen-bond donors (Lipinski definition) is 2. The van der Waals surface area contributed by atoms with Crippen molar-refractivity contribution >= 4 is 17.5 Å². The zero-order valence-corrected chi connectivity index (χ0v) is 21.1. The third-order valence-corrected chi connectivity index (χ3v) is 6.80. The summed E-state index contributed by atoms with van der Waals surface area (Å²) in [7, 11) is 0. The van der Waals surface area contributed by atoms with Crippen molar-refractivity contribution in [3.63, 3.8) is 0 Å². The van der Waals surface area contributed by atoms with Crippen molar-refractivity contribution < 1.29 is 9.59 Å². The molecule has 188 valence electrons. The summed E-state index contributed by atoms with van der Waals surface area (Å²) < 4.78 is 0. The fraction of sp³-hybridized carbons (Fsp3) is 0.367. The monoisotopic (exact) mass is 484 g/mol. The van der Waals surface area contributed by atoms with Gasteiger partial charge in [-0.1, -0.05) is 43.5 Å². The third-order valence-electron chi connectivity index (χ3n) is 6.80. The molecule has 6 nitrogen and oxygen atoms in total. The van der Waals surface area contributed by atoms with Gasteiger partial charge in [0.1, 0.15) is 0 Å². The van der Waals surface area contributed by atoms with Gasteiger partial charge in [0, 0.05) is 48.8 Å². The van der Waals surface area contributed by atoms with Crippen molar-refractivity contribution in [1.29, 1.82) is 0 Å². The lowest BCUT2D eigenvalue weighted by Crippen LogP contribution is -2.34. The van der Waals surface area contributed by atoms with E-state index in [1.807, 2.05) is 35.2 Å². The Morgan fingerprint density at radius 1 is 0.944 bits per heavy atom. The number of carbonyl (C=O) groups excluding carboxylic acids is 2. The average molecular weight is 485 g/mol. The van der Waals surface area contributed by atoms with E-state index in [2.05, 4.69) is 34.7 Å². The Labute approximate surface area is 214 Å². The van der Waals surface area contributed by atoms with E-state index >= 15 is 0 Å². The highest BCUT2D eigenvalue weighted by Gasteiger charge is 2.21. The maximum absolute atomic E-state index is 13.5. The normalized spacial score (nSPS) is 14.8. The third kappa shape index (κ3) is 6.79. The highest BCUT2D eigenvalue weighted by atomic mass is 16.2. The van der Waals surface area contributed by atoms with Gasteiger partial charge < -0.3 is 15.5 Å². The van der Waals surface area contributed by atoms with Crippen LogP contribution in [0.4, 0.5) is 5.69 Å². The largest absolute Gasteiger partial charge is 0.352 e. The number of amides is 2. The van der Waals surface area contributed by atoms with Gasteiger partial charge in [-0.25, -0.2) is 0 Å². The van der Waals surface area contributed by atoms with Crippen LogP contribution in [0.25, 0.3) is 0 Å². The van der Waals surface area contributed by atoms with Gasteiger partial charge in [-0.15, -0.1) is 0 Å². The topological polar surface area (TPSA) is 74.3 Å². The molecular weight excluding hydrogens is 448 g/mol. The molecule has 2 heterocycles. The second-order valence-corrected chi connectivity index (χ2v) is 9.41. The molecule has 6 heteroatoms. The Balaban J connectivity index is 1.55. The van der Waals surface area contributed by atoms with Crippen LogP contribution in [0.5, 0.6) is 0 Å². The summed E-state index contributed by atoms with van der Waals surface area (Å²) in [6, 6.07) is 17.5. The second-order valence-electron chi connectivity index (χ2n) is 9.41. The molecule has 4 rings (SSSR count). The first-order valence-corrected chi connectivity index (χ1v) is 13.0. The quantitative estimate of drug-likeness (QED) is 0.531. The first-order valence-electron chi connectivity index (χ1n) is 13.0. The van der Waals surface area contributed by atoms with Crippen LogP contribution >= 0.6 is 0 Å². The summed E-state index contributed by atoms with van der Waals surface area (Å²) in [6.45, 7) is 4.85. The summed E-state index contributed by atoms with van der Waals surface area (Å²) >= 11 is 0. The van der Waals surface area contributed by atoms with Crippen molar-refractivity contribution in [3.8, 4) is 0 Å². The number of hydrogen-bond acceptors (Lipinski definition) is 4. The molecule has 0 bridgehead atoms. The molecule has 0 spiro atoms. The minimum atomic E-state index is -0.0930. The molecule has 0 fully saturated rings. The SMILES string of the molecule is Cc1ccccc1CCNC(=O)c1ccc2c(c1)CNCCCCCCCN2C(=O)c1ccncc1. The van der Waals surface area contributed by atoms with Crippen molar-refractivity contribution in [2.24, 2.45) is 0 Å². The summed E-state index contributed by atoms with van der Waals surface area (Å²) in [5.41, 5.74) is 5.53. The number of fused-ring (bicyclic) bond motifs is 1. The number of aromatic nitrogens is 1. The molecule has 2 N–H and O–H groups in total. The van der Waals surface area contributed by atoms with E-state index in [0.29, 0.717) is 30.8 Å². The van der Waals surface area contributed by atoms with E-state index < -0.39 is 0 Å². The summed E-state index contributed by atoms with van der Waals surface area (Å²) in [5.74, 6) is -0.129. The number of carbonyl (C=O) groups is 2. The zero-order valence-electron chi connectivity index (χ0n) is 21.1. The molecule has 1 aliphatic rings. The van der Waals surface area contributed by atoms with Gasteiger partial charge in [0.15, 0.2) is 0 Å². The van der Waals surface area contributed by atoms with Crippen LogP contribution in [0.3, 0.4) is 0 Å². The smallest absolute Gasteiger partial charge is 0.258 e. The molecule has 0 saturated heterocycles. The van der Waals surface area contributed by atoms with E-state index in [4.69, 9.17) is 0 Å². The Morgan fingerprint density at radius 3 is 2.56 bits per heavy atom. The van der Waals surface area contributed by atoms with Gasteiger partial charge in [0.05, 0.1) is 0 Å². The van der Waals surface area contributed by atoms with E-state index in [-0.39, 0.29) is 11.8 Å².